The maximum Gasteiger partial charge on any atom is 0.257 e. The maximum atomic E-state index is 13.5. The molecule has 0 saturated carbocycles. The van der Waals surface area contributed by atoms with Gasteiger partial charge in [0, 0.05) is 42.1 Å². The summed E-state index contributed by atoms with van der Waals surface area (Å²) in [5, 5.41) is 4.78. The molecule has 0 aliphatic carbocycles. The average molecular weight is 538 g/mol. The molecule has 8 nitrogen and oxygen atoms in total. The van der Waals surface area contributed by atoms with Crippen LogP contribution in [0, 0.1) is 12.8 Å². The van der Waals surface area contributed by atoms with E-state index in [1.807, 2.05) is 36.1 Å². The van der Waals surface area contributed by atoms with Crippen LogP contribution < -0.4 is 10.5 Å². The lowest BCUT2D eigenvalue weighted by Gasteiger charge is -2.25. The number of benzene rings is 2. The average Bonchev–Trinajstić information content (AvgIpc) is 3.54. The molecule has 1 saturated heterocycles. The molecular weight excluding hydrogens is 513 g/mol. The highest BCUT2D eigenvalue weighted by Crippen LogP contribution is 2.39. The van der Waals surface area contributed by atoms with Gasteiger partial charge in [-0.1, -0.05) is 34.4 Å². The van der Waals surface area contributed by atoms with Gasteiger partial charge in [-0.3, -0.25) is 4.79 Å². The Kier molecular flexibility index (Phi) is 7.04. The van der Waals surface area contributed by atoms with Gasteiger partial charge in [-0.25, -0.2) is 4.98 Å². The lowest BCUT2D eigenvalue weighted by molar-refractivity contribution is 0.0769. The first-order chi connectivity index (χ1) is 17.8. The van der Waals surface area contributed by atoms with Crippen molar-refractivity contribution in [2.75, 3.05) is 18.8 Å². The molecular formula is C27H25Cl2N5O3. The van der Waals surface area contributed by atoms with Crippen LogP contribution in [-0.2, 0) is 0 Å². The molecule has 37 heavy (non-hydrogen) atoms. The van der Waals surface area contributed by atoms with E-state index < -0.39 is 0 Å². The quantitative estimate of drug-likeness (QED) is 0.338. The molecule has 3 atom stereocenters. The fraction of sp³-hybridized carbons (Fsp3) is 0.259. The van der Waals surface area contributed by atoms with Crippen molar-refractivity contribution in [1.82, 2.24) is 20.0 Å². The van der Waals surface area contributed by atoms with Gasteiger partial charge in [-0.05, 0) is 61.9 Å². The Morgan fingerprint density at radius 1 is 1.11 bits per heavy atom. The smallest absolute Gasteiger partial charge is 0.257 e. The lowest BCUT2D eigenvalue weighted by atomic mass is 9.86. The van der Waals surface area contributed by atoms with Crippen molar-refractivity contribution in [3.05, 3.63) is 87.8 Å². The van der Waals surface area contributed by atoms with E-state index in [1.165, 1.54) is 0 Å². The lowest BCUT2D eigenvalue weighted by Crippen LogP contribution is -2.32. The van der Waals surface area contributed by atoms with E-state index in [4.69, 9.17) is 38.2 Å². The number of rotatable bonds is 6. The van der Waals surface area contributed by atoms with Crippen LogP contribution in [0.5, 0.6) is 5.88 Å². The van der Waals surface area contributed by atoms with E-state index in [0.717, 1.165) is 11.1 Å². The molecule has 1 aliphatic heterocycles. The summed E-state index contributed by atoms with van der Waals surface area (Å²) < 4.78 is 11.4. The predicted octanol–water partition coefficient (Wildman–Crippen LogP) is 5.65. The summed E-state index contributed by atoms with van der Waals surface area (Å²) in [5.74, 6) is 1.35. The number of amides is 1. The Bertz CT molecular complexity index is 1410. The molecule has 3 heterocycles. The van der Waals surface area contributed by atoms with Crippen LogP contribution in [0.2, 0.25) is 10.0 Å². The van der Waals surface area contributed by atoms with Crippen molar-refractivity contribution >= 4 is 34.8 Å². The number of hydrogen-bond donors (Lipinski definition) is 1. The van der Waals surface area contributed by atoms with Crippen molar-refractivity contribution in [1.29, 1.82) is 0 Å². The van der Waals surface area contributed by atoms with Crippen molar-refractivity contribution in [2.24, 2.45) is 5.92 Å². The fourth-order valence-electron chi connectivity index (χ4n) is 4.66. The van der Waals surface area contributed by atoms with Gasteiger partial charge in [0.1, 0.15) is 6.10 Å². The maximum absolute atomic E-state index is 13.5. The highest BCUT2D eigenvalue weighted by Gasteiger charge is 2.40. The zero-order valence-corrected chi connectivity index (χ0v) is 21.8. The topological polar surface area (TPSA) is 107 Å². The number of aryl methyl sites for hydroxylation is 1. The molecule has 5 rings (SSSR count). The summed E-state index contributed by atoms with van der Waals surface area (Å²) >= 11 is 12.5. The van der Waals surface area contributed by atoms with Crippen LogP contribution in [0.25, 0.3) is 11.5 Å². The van der Waals surface area contributed by atoms with Crippen molar-refractivity contribution < 1.29 is 14.1 Å². The highest BCUT2D eigenvalue weighted by atomic mass is 35.5. The summed E-state index contributed by atoms with van der Waals surface area (Å²) in [6.07, 6.45) is 1.32. The van der Waals surface area contributed by atoms with Gasteiger partial charge in [0.2, 0.25) is 5.88 Å². The molecule has 1 amide bonds. The van der Waals surface area contributed by atoms with E-state index >= 15 is 0 Å². The summed E-state index contributed by atoms with van der Waals surface area (Å²) in [6, 6.07) is 16.3. The molecule has 4 aromatic rings. The number of anilines is 1. The monoisotopic (exact) mass is 537 g/mol. The molecule has 190 valence electrons. The third kappa shape index (κ3) is 5.40. The minimum atomic E-state index is -0.239. The molecule has 2 aromatic heterocycles. The number of likely N-dealkylation sites (tertiary alicyclic amines) is 1. The number of hydrogen-bond acceptors (Lipinski definition) is 7. The zero-order chi connectivity index (χ0) is 26.1. The van der Waals surface area contributed by atoms with Gasteiger partial charge in [-0.2, -0.15) is 4.98 Å². The van der Waals surface area contributed by atoms with Gasteiger partial charge in [0.05, 0.1) is 21.9 Å². The minimum absolute atomic E-state index is 0.0110. The number of aromatic nitrogens is 3. The summed E-state index contributed by atoms with van der Waals surface area (Å²) in [7, 11) is 0. The number of nitrogen functional groups attached to an aromatic ring is 1. The minimum Gasteiger partial charge on any atom is -0.474 e. The normalized spacial score (nSPS) is 18.1. The number of carbonyl (C=O) groups excluding carboxylic acids is 1. The molecule has 0 unspecified atom stereocenters. The standard InChI is InChI=1S/C27H25Cl2N5O3/c1-15(36-25-10-8-20(30)12-31-25)21-13-34(14-22(21)19-7-9-23(28)24(29)11-19)27(35)18-5-3-17(4-6-18)26-32-16(2)33-37-26/h3-12,15,21-22H,13-14,30H2,1-2H3/t15-,21+,22+/m0/s1. The van der Waals surface area contributed by atoms with E-state index in [0.29, 0.717) is 52.0 Å². The van der Waals surface area contributed by atoms with Crippen LogP contribution in [-0.4, -0.2) is 45.1 Å². The third-order valence-corrected chi connectivity index (χ3v) is 7.34. The SMILES string of the molecule is Cc1noc(-c2ccc(C(=O)N3C[C@H]([C@H](C)Oc4ccc(N)cn4)[C@@H](c4ccc(Cl)c(Cl)c4)C3)cc2)n1. The molecule has 10 heteroatoms. The Morgan fingerprint density at radius 2 is 1.89 bits per heavy atom. The van der Waals surface area contributed by atoms with Crippen molar-refractivity contribution in [3.63, 3.8) is 0 Å². The van der Waals surface area contributed by atoms with E-state index in [2.05, 4.69) is 15.1 Å². The number of nitrogens with two attached hydrogens (primary N) is 1. The first-order valence-electron chi connectivity index (χ1n) is 11.8. The molecule has 2 aromatic carbocycles. The van der Waals surface area contributed by atoms with E-state index in [-0.39, 0.29) is 23.8 Å². The largest absolute Gasteiger partial charge is 0.474 e. The second-order valence-electron chi connectivity index (χ2n) is 9.13. The Morgan fingerprint density at radius 3 is 2.54 bits per heavy atom. The Hall–Kier alpha value is -3.62. The summed E-state index contributed by atoms with van der Waals surface area (Å²) in [4.78, 5) is 23.9. The van der Waals surface area contributed by atoms with Crippen LogP contribution in [0.15, 0.2) is 65.3 Å². The number of ether oxygens (including phenoxy) is 1. The predicted molar refractivity (Wildman–Crippen MR) is 142 cm³/mol. The number of nitrogens with zero attached hydrogens (tertiary/aromatic N) is 4. The number of pyridine rings is 1. The molecule has 1 aliphatic rings. The van der Waals surface area contributed by atoms with E-state index in [1.54, 1.807) is 43.5 Å². The molecule has 0 bridgehead atoms. The highest BCUT2D eigenvalue weighted by molar-refractivity contribution is 6.42. The zero-order valence-electron chi connectivity index (χ0n) is 20.3. The van der Waals surface area contributed by atoms with Gasteiger partial charge in [0.15, 0.2) is 5.82 Å². The third-order valence-electron chi connectivity index (χ3n) is 6.60. The van der Waals surface area contributed by atoms with Crippen LogP contribution >= 0.6 is 23.2 Å². The van der Waals surface area contributed by atoms with Crippen LogP contribution in [0.4, 0.5) is 5.69 Å². The van der Waals surface area contributed by atoms with Gasteiger partial charge < -0.3 is 19.9 Å². The fourth-order valence-corrected chi connectivity index (χ4v) is 4.96. The number of carbonyl (C=O) groups is 1. The summed E-state index contributed by atoms with van der Waals surface area (Å²) in [5.41, 5.74) is 8.64. The van der Waals surface area contributed by atoms with Gasteiger partial charge in [-0.15, -0.1) is 0 Å². The molecule has 0 radical (unpaired) electrons. The van der Waals surface area contributed by atoms with Gasteiger partial charge in [0.25, 0.3) is 11.8 Å². The van der Waals surface area contributed by atoms with Crippen LogP contribution in [0.1, 0.15) is 34.6 Å². The Balaban J connectivity index is 1.38. The first-order valence-corrected chi connectivity index (χ1v) is 12.6. The Labute approximate surface area is 224 Å². The second-order valence-corrected chi connectivity index (χ2v) is 9.95. The van der Waals surface area contributed by atoms with E-state index in [9.17, 15) is 4.79 Å². The van der Waals surface area contributed by atoms with Crippen molar-refractivity contribution in [2.45, 2.75) is 25.9 Å². The molecule has 0 spiro atoms. The molecule has 1 fully saturated rings. The first kappa shape index (κ1) is 25.0. The number of halogens is 2. The van der Waals surface area contributed by atoms with Crippen molar-refractivity contribution in [3.8, 4) is 17.3 Å². The summed E-state index contributed by atoms with van der Waals surface area (Å²) in [6.45, 7) is 4.76. The van der Waals surface area contributed by atoms with Crippen LogP contribution in [0.3, 0.4) is 0 Å². The second kappa shape index (κ2) is 10.4. The molecule has 2 N–H and O–H groups in total. The van der Waals surface area contributed by atoms with Gasteiger partial charge >= 0.3 is 0 Å².